The van der Waals surface area contributed by atoms with E-state index in [1.54, 1.807) is 24.3 Å². The third-order valence-electron chi connectivity index (χ3n) is 3.64. The Balaban J connectivity index is 1.85. The summed E-state index contributed by atoms with van der Waals surface area (Å²) in [6, 6.07) is 6.59. The Hall–Kier alpha value is -1.76. The highest BCUT2D eigenvalue weighted by molar-refractivity contribution is 7.92. The van der Waals surface area contributed by atoms with Crippen LogP contribution in [0.15, 0.2) is 24.3 Å². The molecule has 1 aromatic carbocycles. The van der Waals surface area contributed by atoms with Gasteiger partial charge >= 0.3 is 6.03 Å². The highest BCUT2D eigenvalue weighted by Crippen LogP contribution is 2.18. The van der Waals surface area contributed by atoms with Crippen molar-refractivity contribution in [1.82, 2.24) is 5.32 Å². The van der Waals surface area contributed by atoms with E-state index in [0.29, 0.717) is 11.4 Å². The third kappa shape index (κ3) is 5.93. The Morgan fingerprint density at radius 1 is 1.00 bits per heavy atom. The fourth-order valence-electron chi connectivity index (χ4n) is 2.61. The van der Waals surface area contributed by atoms with Gasteiger partial charge in [0.2, 0.25) is 10.0 Å². The molecule has 0 atom stereocenters. The fourth-order valence-corrected chi connectivity index (χ4v) is 3.18. The van der Waals surface area contributed by atoms with Gasteiger partial charge in [0.25, 0.3) is 0 Å². The molecular formula is C15H23N3O3S. The lowest BCUT2D eigenvalue weighted by Crippen LogP contribution is -2.37. The van der Waals surface area contributed by atoms with Crippen molar-refractivity contribution in [1.29, 1.82) is 0 Å². The molecule has 0 aliphatic heterocycles. The van der Waals surface area contributed by atoms with Gasteiger partial charge in [0.1, 0.15) is 0 Å². The molecule has 1 aliphatic carbocycles. The van der Waals surface area contributed by atoms with Gasteiger partial charge in [-0.25, -0.2) is 13.2 Å². The Morgan fingerprint density at radius 3 is 2.09 bits per heavy atom. The van der Waals surface area contributed by atoms with Crippen LogP contribution >= 0.6 is 0 Å². The zero-order valence-electron chi connectivity index (χ0n) is 12.8. The Kier molecular flexibility index (Phi) is 5.65. The van der Waals surface area contributed by atoms with Gasteiger partial charge in [-0.05, 0) is 37.1 Å². The van der Waals surface area contributed by atoms with Crippen molar-refractivity contribution < 1.29 is 13.2 Å². The molecule has 0 heterocycles. The van der Waals surface area contributed by atoms with Gasteiger partial charge in [0, 0.05) is 17.4 Å². The highest BCUT2D eigenvalue weighted by Gasteiger charge is 2.14. The van der Waals surface area contributed by atoms with E-state index < -0.39 is 10.0 Å². The number of carbonyl (C=O) groups excluding carboxylic acids is 1. The average Bonchev–Trinajstić information content (AvgIpc) is 2.68. The van der Waals surface area contributed by atoms with E-state index in [9.17, 15) is 13.2 Å². The first-order valence-electron chi connectivity index (χ1n) is 7.58. The van der Waals surface area contributed by atoms with Crippen molar-refractivity contribution in [2.75, 3.05) is 16.3 Å². The zero-order valence-corrected chi connectivity index (χ0v) is 13.6. The van der Waals surface area contributed by atoms with Gasteiger partial charge in [-0.3, -0.25) is 4.72 Å². The number of amides is 2. The van der Waals surface area contributed by atoms with E-state index in [0.717, 1.165) is 31.9 Å². The number of hydrogen-bond donors (Lipinski definition) is 3. The van der Waals surface area contributed by atoms with E-state index in [-0.39, 0.29) is 12.1 Å². The number of carbonyl (C=O) groups is 1. The van der Waals surface area contributed by atoms with Gasteiger partial charge in [0.15, 0.2) is 0 Å². The van der Waals surface area contributed by atoms with Crippen molar-refractivity contribution in [3.63, 3.8) is 0 Å². The molecule has 1 aromatic rings. The smallest absolute Gasteiger partial charge is 0.319 e. The van der Waals surface area contributed by atoms with Gasteiger partial charge < -0.3 is 10.6 Å². The molecule has 6 nitrogen and oxygen atoms in total. The van der Waals surface area contributed by atoms with Crippen LogP contribution in [0.3, 0.4) is 0 Å². The maximum Gasteiger partial charge on any atom is 0.319 e. The van der Waals surface area contributed by atoms with Crippen LogP contribution in [0, 0.1) is 0 Å². The Labute approximate surface area is 131 Å². The van der Waals surface area contributed by atoms with Gasteiger partial charge in [-0.15, -0.1) is 0 Å². The van der Waals surface area contributed by atoms with Crippen LogP contribution in [0.1, 0.15) is 38.5 Å². The molecule has 2 amide bonds. The molecule has 3 N–H and O–H groups in total. The normalized spacial score (nSPS) is 16.6. The second-order valence-corrected chi connectivity index (χ2v) is 7.49. The molecule has 0 spiro atoms. The van der Waals surface area contributed by atoms with E-state index in [1.165, 1.54) is 12.8 Å². The molecule has 7 heteroatoms. The number of nitrogens with one attached hydrogen (secondary N) is 3. The molecular weight excluding hydrogens is 302 g/mol. The van der Waals surface area contributed by atoms with Crippen molar-refractivity contribution in [2.24, 2.45) is 0 Å². The molecule has 1 aliphatic rings. The Bertz CT molecular complexity index is 591. The molecule has 0 aromatic heterocycles. The van der Waals surface area contributed by atoms with Crippen LogP contribution in [0.2, 0.25) is 0 Å². The van der Waals surface area contributed by atoms with Crippen molar-refractivity contribution >= 4 is 27.4 Å². The number of rotatable bonds is 4. The van der Waals surface area contributed by atoms with Crippen LogP contribution < -0.4 is 15.4 Å². The molecule has 1 fully saturated rings. The first kappa shape index (κ1) is 16.6. The number of anilines is 2. The largest absolute Gasteiger partial charge is 0.335 e. The van der Waals surface area contributed by atoms with Crippen LogP contribution in [0.5, 0.6) is 0 Å². The maximum absolute atomic E-state index is 12.0. The lowest BCUT2D eigenvalue weighted by Gasteiger charge is -2.16. The molecule has 0 saturated heterocycles. The summed E-state index contributed by atoms with van der Waals surface area (Å²) in [6.07, 6.45) is 7.98. The predicted molar refractivity (Wildman–Crippen MR) is 88.6 cm³/mol. The van der Waals surface area contributed by atoms with Gasteiger partial charge in [-0.2, -0.15) is 0 Å². The van der Waals surface area contributed by atoms with Crippen LogP contribution in [0.25, 0.3) is 0 Å². The van der Waals surface area contributed by atoms with Crippen LogP contribution in [-0.2, 0) is 10.0 Å². The summed E-state index contributed by atoms with van der Waals surface area (Å²) in [5.41, 5.74) is 1.10. The second kappa shape index (κ2) is 7.49. The lowest BCUT2D eigenvalue weighted by molar-refractivity contribution is 0.247. The summed E-state index contributed by atoms with van der Waals surface area (Å²) in [5, 5.41) is 5.77. The molecule has 0 bridgehead atoms. The first-order chi connectivity index (χ1) is 10.4. The van der Waals surface area contributed by atoms with Crippen molar-refractivity contribution in [3.8, 4) is 0 Å². The van der Waals surface area contributed by atoms with E-state index in [4.69, 9.17) is 0 Å². The van der Waals surface area contributed by atoms with E-state index in [2.05, 4.69) is 15.4 Å². The standard InChI is InChI=1S/C15H23N3O3S/c1-22(20,21)18-14-10-8-13(9-11-14)17-15(19)16-12-6-4-2-3-5-7-12/h8-12,18H,2-7H2,1H3,(H2,16,17,19). The van der Waals surface area contributed by atoms with E-state index in [1.807, 2.05) is 0 Å². The molecule has 2 rings (SSSR count). The molecule has 122 valence electrons. The number of hydrogen-bond acceptors (Lipinski definition) is 3. The minimum absolute atomic E-state index is 0.212. The summed E-state index contributed by atoms with van der Waals surface area (Å²) in [7, 11) is -3.29. The quantitative estimate of drug-likeness (QED) is 0.744. The minimum atomic E-state index is -3.29. The lowest BCUT2D eigenvalue weighted by atomic mass is 10.1. The van der Waals surface area contributed by atoms with Crippen molar-refractivity contribution in [3.05, 3.63) is 24.3 Å². The maximum atomic E-state index is 12.0. The van der Waals surface area contributed by atoms with Crippen molar-refractivity contribution in [2.45, 2.75) is 44.6 Å². The average molecular weight is 325 g/mol. The number of sulfonamides is 1. The minimum Gasteiger partial charge on any atom is -0.335 e. The monoisotopic (exact) mass is 325 g/mol. The summed E-state index contributed by atoms with van der Waals surface area (Å²) >= 11 is 0. The number of urea groups is 1. The fraction of sp³-hybridized carbons (Fsp3) is 0.533. The SMILES string of the molecule is CS(=O)(=O)Nc1ccc(NC(=O)NC2CCCCCC2)cc1. The zero-order chi connectivity index (χ0) is 16.0. The van der Waals surface area contributed by atoms with E-state index >= 15 is 0 Å². The summed E-state index contributed by atoms with van der Waals surface area (Å²) in [6.45, 7) is 0. The molecule has 22 heavy (non-hydrogen) atoms. The van der Waals surface area contributed by atoms with Gasteiger partial charge in [0.05, 0.1) is 6.26 Å². The summed E-state index contributed by atoms with van der Waals surface area (Å²) in [5.74, 6) is 0. The third-order valence-corrected chi connectivity index (χ3v) is 4.24. The van der Waals surface area contributed by atoms with Crippen LogP contribution in [0.4, 0.5) is 16.2 Å². The van der Waals surface area contributed by atoms with Gasteiger partial charge in [-0.1, -0.05) is 25.7 Å². The summed E-state index contributed by atoms with van der Waals surface area (Å²) in [4.78, 5) is 12.0. The number of benzene rings is 1. The highest BCUT2D eigenvalue weighted by atomic mass is 32.2. The topological polar surface area (TPSA) is 87.3 Å². The molecule has 0 radical (unpaired) electrons. The first-order valence-corrected chi connectivity index (χ1v) is 9.47. The second-order valence-electron chi connectivity index (χ2n) is 5.74. The predicted octanol–water partition coefficient (Wildman–Crippen LogP) is 2.90. The Morgan fingerprint density at radius 2 is 1.55 bits per heavy atom. The molecule has 0 unspecified atom stereocenters. The molecule has 1 saturated carbocycles. The summed E-state index contributed by atoms with van der Waals surface area (Å²) < 4.78 is 24.6. The van der Waals surface area contributed by atoms with Crippen LogP contribution in [-0.4, -0.2) is 26.7 Å².